The molecule has 14 heavy (non-hydrogen) atoms. The van der Waals surface area contributed by atoms with Gasteiger partial charge in [0.05, 0.1) is 12.1 Å². The van der Waals surface area contributed by atoms with Crippen LogP contribution in [0.4, 0.5) is 8.78 Å². The molecule has 0 aromatic heterocycles. The van der Waals surface area contributed by atoms with Gasteiger partial charge in [0.1, 0.15) is 0 Å². The Hall–Kier alpha value is -0.220. The number of alkyl halides is 2. The summed E-state index contributed by atoms with van der Waals surface area (Å²) in [7, 11) is 0. The van der Waals surface area contributed by atoms with Gasteiger partial charge in [0.25, 0.3) is 5.92 Å². The molecule has 2 nitrogen and oxygen atoms in total. The first-order valence-corrected chi connectivity index (χ1v) is 5.17. The van der Waals surface area contributed by atoms with E-state index in [1.165, 1.54) is 6.92 Å². The lowest BCUT2D eigenvalue weighted by Gasteiger charge is -2.31. The van der Waals surface area contributed by atoms with Crippen LogP contribution in [-0.2, 0) is 4.74 Å². The average molecular weight is 207 g/mol. The quantitative estimate of drug-likeness (QED) is 0.769. The van der Waals surface area contributed by atoms with Crippen molar-refractivity contribution in [1.82, 2.24) is 0 Å². The van der Waals surface area contributed by atoms with Crippen molar-refractivity contribution in [3.63, 3.8) is 0 Å². The van der Waals surface area contributed by atoms with Crippen LogP contribution in [0.25, 0.3) is 0 Å². The van der Waals surface area contributed by atoms with Gasteiger partial charge in [-0.25, -0.2) is 8.78 Å². The molecule has 1 heterocycles. The molecule has 4 heteroatoms. The van der Waals surface area contributed by atoms with Crippen molar-refractivity contribution in [2.24, 2.45) is 11.7 Å². The Morgan fingerprint density at radius 3 is 2.57 bits per heavy atom. The number of rotatable bonds is 3. The highest BCUT2D eigenvalue weighted by atomic mass is 19.3. The van der Waals surface area contributed by atoms with E-state index < -0.39 is 12.0 Å². The highest BCUT2D eigenvalue weighted by Crippen LogP contribution is 2.29. The molecule has 1 fully saturated rings. The summed E-state index contributed by atoms with van der Waals surface area (Å²) in [5.41, 5.74) is 5.21. The second-order valence-electron chi connectivity index (χ2n) is 4.39. The Labute approximate surface area is 83.8 Å². The smallest absolute Gasteiger partial charge is 0.265 e. The number of halogens is 2. The number of nitrogens with two attached hydrogens (primary N) is 1. The Balaban J connectivity index is 2.37. The average Bonchev–Trinajstić information content (AvgIpc) is 2.08. The lowest BCUT2D eigenvalue weighted by atomic mass is 9.95. The molecule has 84 valence electrons. The zero-order valence-corrected chi connectivity index (χ0v) is 8.80. The summed E-state index contributed by atoms with van der Waals surface area (Å²) in [6.07, 6.45) is 1.15. The Morgan fingerprint density at radius 1 is 1.50 bits per heavy atom. The molecule has 0 aliphatic carbocycles. The summed E-state index contributed by atoms with van der Waals surface area (Å²) in [5.74, 6) is -2.30. The predicted molar refractivity (Wildman–Crippen MR) is 51.4 cm³/mol. The highest BCUT2D eigenvalue weighted by Gasteiger charge is 2.38. The lowest BCUT2D eigenvalue weighted by Crippen LogP contribution is -2.42. The number of hydrogen-bond donors (Lipinski definition) is 1. The van der Waals surface area contributed by atoms with Crippen LogP contribution >= 0.6 is 0 Å². The SMILES string of the molecule is C[C@H]1CC[C@H](CC(F)(F)[C@H](C)N)OC1. The Kier molecular flexibility index (Phi) is 3.84. The summed E-state index contributed by atoms with van der Waals surface area (Å²) in [6, 6.07) is -1.09. The molecule has 1 saturated heterocycles. The van der Waals surface area contributed by atoms with E-state index >= 15 is 0 Å². The molecule has 2 N–H and O–H groups in total. The maximum absolute atomic E-state index is 13.2. The van der Waals surface area contributed by atoms with Crippen LogP contribution in [0.15, 0.2) is 0 Å². The van der Waals surface area contributed by atoms with Crippen LogP contribution in [0.3, 0.4) is 0 Å². The Bertz CT molecular complexity index is 177. The van der Waals surface area contributed by atoms with Crippen LogP contribution in [0.2, 0.25) is 0 Å². The Morgan fingerprint density at radius 2 is 2.14 bits per heavy atom. The van der Waals surface area contributed by atoms with Gasteiger partial charge >= 0.3 is 0 Å². The normalized spacial score (nSPS) is 31.5. The van der Waals surface area contributed by atoms with Crippen molar-refractivity contribution in [1.29, 1.82) is 0 Å². The van der Waals surface area contributed by atoms with Crippen molar-refractivity contribution < 1.29 is 13.5 Å². The number of hydrogen-bond acceptors (Lipinski definition) is 2. The van der Waals surface area contributed by atoms with Crippen molar-refractivity contribution in [3.05, 3.63) is 0 Å². The molecular weight excluding hydrogens is 188 g/mol. The van der Waals surface area contributed by atoms with Crippen LogP contribution < -0.4 is 5.73 Å². The maximum atomic E-state index is 13.2. The highest BCUT2D eigenvalue weighted by molar-refractivity contribution is 4.81. The van der Waals surface area contributed by atoms with E-state index in [2.05, 4.69) is 6.92 Å². The minimum Gasteiger partial charge on any atom is -0.378 e. The van der Waals surface area contributed by atoms with Crippen LogP contribution in [0.5, 0.6) is 0 Å². The lowest BCUT2D eigenvalue weighted by molar-refractivity contribution is -0.0977. The van der Waals surface area contributed by atoms with Crippen molar-refractivity contribution >= 4 is 0 Å². The first kappa shape index (κ1) is 11.9. The molecule has 0 radical (unpaired) electrons. The van der Waals surface area contributed by atoms with Crippen LogP contribution in [0, 0.1) is 5.92 Å². The minimum absolute atomic E-state index is 0.239. The van der Waals surface area contributed by atoms with E-state index in [9.17, 15) is 8.78 Å². The maximum Gasteiger partial charge on any atom is 0.265 e. The fraction of sp³-hybridized carbons (Fsp3) is 1.00. The van der Waals surface area contributed by atoms with Gasteiger partial charge in [-0.3, -0.25) is 0 Å². The van der Waals surface area contributed by atoms with Gasteiger partial charge in [-0.2, -0.15) is 0 Å². The second kappa shape index (κ2) is 4.53. The molecule has 0 bridgehead atoms. The second-order valence-corrected chi connectivity index (χ2v) is 4.39. The standard InChI is InChI=1S/C10H19F2NO/c1-7-3-4-9(14-6-7)5-10(11,12)8(2)13/h7-9H,3-6,13H2,1-2H3/t7-,8-,9+/m0/s1. The van der Waals surface area contributed by atoms with Gasteiger partial charge in [0.15, 0.2) is 0 Å². The van der Waals surface area contributed by atoms with Crippen molar-refractivity contribution in [2.75, 3.05) is 6.61 Å². The third-order valence-corrected chi connectivity index (χ3v) is 2.76. The summed E-state index contributed by atoms with van der Waals surface area (Å²) in [4.78, 5) is 0. The van der Waals surface area contributed by atoms with E-state index in [0.717, 1.165) is 12.8 Å². The molecule has 0 aromatic carbocycles. The summed E-state index contributed by atoms with van der Waals surface area (Å²) >= 11 is 0. The zero-order valence-electron chi connectivity index (χ0n) is 8.80. The van der Waals surface area contributed by atoms with E-state index in [4.69, 9.17) is 10.5 Å². The van der Waals surface area contributed by atoms with Gasteiger partial charge in [0.2, 0.25) is 0 Å². The predicted octanol–water partition coefficient (Wildman–Crippen LogP) is 2.17. The van der Waals surface area contributed by atoms with Crippen molar-refractivity contribution in [3.8, 4) is 0 Å². The van der Waals surface area contributed by atoms with E-state index in [1.54, 1.807) is 0 Å². The summed E-state index contributed by atoms with van der Waals surface area (Å²) in [6.45, 7) is 4.01. The van der Waals surface area contributed by atoms with Gasteiger partial charge in [-0.15, -0.1) is 0 Å². The van der Waals surface area contributed by atoms with Gasteiger partial charge in [0, 0.05) is 13.0 Å². The number of ether oxygens (including phenoxy) is 1. The van der Waals surface area contributed by atoms with Gasteiger partial charge in [-0.05, 0) is 25.7 Å². The fourth-order valence-corrected chi connectivity index (χ4v) is 1.59. The third-order valence-electron chi connectivity index (χ3n) is 2.76. The zero-order chi connectivity index (χ0) is 10.8. The topological polar surface area (TPSA) is 35.2 Å². The van der Waals surface area contributed by atoms with Crippen molar-refractivity contribution in [2.45, 2.75) is 51.2 Å². The summed E-state index contributed by atoms with van der Waals surface area (Å²) < 4.78 is 31.8. The third kappa shape index (κ3) is 3.17. The molecule has 0 saturated carbocycles. The molecule has 1 aliphatic heterocycles. The molecule has 0 aromatic rings. The molecule has 1 aliphatic rings. The monoisotopic (exact) mass is 207 g/mol. The molecule has 1 rings (SSSR count). The molecule has 0 unspecified atom stereocenters. The van der Waals surface area contributed by atoms with Crippen LogP contribution in [-0.4, -0.2) is 24.7 Å². The first-order valence-electron chi connectivity index (χ1n) is 5.17. The molecule has 0 amide bonds. The van der Waals surface area contributed by atoms with E-state index in [1.807, 2.05) is 0 Å². The summed E-state index contributed by atoms with van der Waals surface area (Å²) in [5, 5.41) is 0. The van der Waals surface area contributed by atoms with E-state index in [-0.39, 0.29) is 12.5 Å². The van der Waals surface area contributed by atoms with Gasteiger partial charge in [-0.1, -0.05) is 6.92 Å². The fourth-order valence-electron chi connectivity index (χ4n) is 1.59. The van der Waals surface area contributed by atoms with Gasteiger partial charge < -0.3 is 10.5 Å². The molecule has 3 atom stereocenters. The molecule has 0 spiro atoms. The van der Waals surface area contributed by atoms with E-state index in [0.29, 0.717) is 12.5 Å². The minimum atomic E-state index is -2.80. The van der Waals surface area contributed by atoms with Crippen LogP contribution in [0.1, 0.15) is 33.1 Å². The largest absolute Gasteiger partial charge is 0.378 e. The first-order chi connectivity index (χ1) is 6.42. The molecular formula is C10H19F2NO.